The van der Waals surface area contributed by atoms with Gasteiger partial charge in [0.1, 0.15) is 11.6 Å². The van der Waals surface area contributed by atoms with Crippen LogP contribution in [-0.4, -0.2) is 36.1 Å². The fourth-order valence-corrected chi connectivity index (χ4v) is 2.01. The molecule has 1 amide bonds. The predicted molar refractivity (Wildman–Crippen MR) is 98.8 cm³/mol. The number of unbranched alkanes of at least 4 members (excludes halogenated alkanes) is 1. The molecule has 0 aliphatic carbocycles. The van der Waals surface area contributed by atoms with Gasteiger partial charge in [0.25, 0.3) is 5.91 Å². The van der Waals surface area contributed by atoms with E-state index in [1.165, 1.54) is 6.20 Å². The molecule has 8 nitrogen and oxygen atoms in total. The van der Waals surface area contributed by atoms with Crippen molar-refractivity contribution < 1.29 is 24.2 Å². The first-order valence-corrected chi connectivity index (χ1v) is 8.62. The summed E-state index contributed by atoms with van der Waals surface area (Å²) in [5.41, 5.74) is 0.508. The van der Waals surface area contributed by atoms with Crippen molar-refractivity contribution in [2.75, 3.05) is 18.5 Å². The number of esters is 1. The maximum Gasteiger partial charge on any atom is 0.340 e. The lowest BCUT2D eigenvalue weighted by atomic mass is 10.1. The van der Waals surface area contributed by atoms with Crippen LogP contribution in [0, 0.1) is 11.3 Å². The van der Waals surface area contributed by atoms with Crippen molar-refractivity contribution in [1.82, 2.24) is 5.32 Å². The normalized spacial score (nSPS) is 10.6. The predicted octanol–water partition coefficient (Wildman–Crippen LogP) is 2.44. The number of aliphatic carboxylic acids is 1. The molecule has 0 unspecified atom stereocenters. The standard InChI is InChI=1S/C19H23N3O5/c1-2-3-11-27-19(26)15-7-4-5-8-16(15)22-13-14(12-20)18(25)21-10-6-9-17(23)24/h4-5,7-8,13,22H,2-3,6,9-11H2,1H3,(H,21,25)(H,23,24)/b14-13-. The van der Waals surface area contributed by atoms with Gasteiger partial charge in [-0.2, -0.15) is 5.26 Å². The number of nitrogens with zero attached hydrogens (tertiary/aromatic N) is 1. The summed E-state index contributed by atoms with van der Waals surface area (Å²) < 4.78 is 5.18. The highest BCUT2D eigenvalue weighted by molar-refractivity contribution is 5.98. The molecule has 0 saturated heterocycles. The Balaban J connectivity index is 2.73. The number of carboxylic acid groups (broad SMARTS) is 1. The number of para-hydroxylation sites is 1. The topological polar surface area (TPSA) is 129 Å². The van der Waals surface area contributed by atoms with Gasteiger partial charge in [-0.1, -0.05) is 25.5 Å². The Morgan fingerprint density at radius 2 is 2.00 bits per heavy atom. The summed E-state index contributed by atoms with van der Waals surface area (Å²) in [5.74, 6) is -2.07. The minimum Gasteiger partial charge on any atom is -0.481 e. The zero-order chi connectivity index (χ0) is 20.1. The van der Waals surface area contributed by atoms with Gasteiger partial charge in [0, 0.05) is 19.2 Å². The van der Waals surface area contributed by atoms with Gasteiger partial charge in [-0.05, 0) is 25.0 Å². The molecular formula is C19H23N3O5. The van der Waals surface area contributed by atoms with E-state index in [2.05, 4.69) is 10.6 Å². The molecule has 8 heteroatoms. The van der Waals surface area contributed by atoms with Gasteiger partial charge in [0.2, 0.25) is 0 Å². The highest BCUT2D eigenvalue weighted by Crippen LogP contribution is 2.17. The number of hydrogen-bond acceptors (Lipinski definition) is 6. The van der Waals surface area contributed by atoms with E-state index in [1.807, 2.05) is 6.92 Å². The molecule has 1 rings (SSSR count). The first-order chi connectivity index (χ1) is 13.0. The Morgan fingerprint density at radius 3 is 2.67 bits per heavy atom. The first kappa shape index (κ1) is 21.7. The van der Waals surface area contributed by atoms with E-state index in [9.17, 15) is 14.4 Å². The van der Waals surface area contributed by atoms with Crippen molar-refractivity contribution in [3.8, 4) is 6.07 Å². The van der Waals surface area contributed by atoms with Crippen molar-refractivity contribution in [2.24, 2.45) is 0 Å². The Labute approximate surface area is 157 Å². The minimum absolute atomic E-state index is 0.0718. The van der Waals surface area contributed by atoms with Gasteiger partial charge < -0.3 is 20.5 Å². The fraction of sp³-hybridized carbons (Fsp3) is 0.368. The molecule has 27 heavy (non-hydrogen) atoms. The zero-order valence-corrected chi connectivity index (χ0v) is 15.2. The average Bonchev–Trinajstić information content (AvgIpc) is 2.66. The monoisotopic (exact) mass is 373 g/mol. The number of benzene rings is 1. The second kappa shape index (κ2) is 12.1. The molecule has 0 heterocycles. The lowest BCUT2D eigenvalue weighted by Crippen LogP contribution is -2.26. The minimum atomic E-state index is -0.954. The van der Waals surface area contributed by atoms with E-state index in [1.54, 1.807) is 30.3 Å². The summed E-state index contributed by atoms with van der Waals surface area (Å²) in [5, 5.41) is 23.0. The van der Waals surface area contributed by atoms with Crippen LogP contribution in [0.25, 0.3) is 0 Å². The summed E-state index contributed by atoms with van der Waals surface area (Å²) in [7, 11) is 0. The van der Waals surface area contributed by atoms with Crippen LogP contribution < -0.4 is 10.6 Å². The molecule has 0 spiro atoms. The van der Waals surface area contributed by atoms with Gasteiger partial charge >= 0.3 is 11.9 Å². The molecule has 1 aromatic carbocycles. The highest BCUT2D eigenvalue weighted by Gasteiger charge is 2.13. The molecule has 1 aromatic rings. The molecule has 0 fully saturated rings. The van der Waals surface area contributed by atoms with Crippen molar-refractivity contribution >= 4 is 23.5 Å². The number of carbonyl (C=O) groups is 3. The maximum absolute atomic E-state index is 12.1. The number of nitriles is 1. The van der Waals surface area contributed by atoms with Crippen LogP contribution in [0.2, 0.25) is 0 Å². The summed E-state index contributed by atoms with van der Waals surface area (Å²) in [6, 6.07) is 8.38. The number of carbonyl (C=O) groups excluding carboxylic acids is 2. The summed E-state index contributed by atoms with van der Waals surface area (Å²) in [6.45, 7) is 2.45. The number of carboxylic acids is 1. The summed E-state index contributed by atoms with van der Waals surface area (Å²) in [6.07, 6.45) is 3.06. The van der Waals surface area contributed by atoms with E-state index < -0.39 is 17.8 Å². The SMILES string of the molecule is CCCCOC(=O)c1ccccc1N/C=C(/C#N)C(=O)NCCCC(=O)O. The summed E-state index contributed by atoms with van der Waals surface area (Å²) in [4.78, 5) is 34.5. The van der Waals surface area contributed by atoms with Gasteiger partial charge in [0.05, 0.1) is 17.9 Å². The van der Waals surface area contributed by atoms with Crippen LogP contribution in [0.15, 0.2) is 36.0 Å². The zero-order valence-electron chi connectivity index (χ0n) is 15.2. The van der Waals surface area contributed by atoms with Crippen LogP contribution in [0.1, 0.15) is 43.0 Å². The molecule has 144 valence electrons. The van der Waals surface area contributed by atoms with Crippen molar-refractivity contribution in [3.63, 3.8) is 0 Å². The molecule has 0 aromatic heterocycles. The number of ether oxygens (including phenoxy) is 1. The maximum atomic E-state index is 12.1. The van der Waals surface area contributed by atoms with E-state index in [-0.39, 0.29) is 25.0 Å². The largest absolute Gasteiger partial charge is 0.481 e. The smallest absolute Gasteiger partial charge is 0.340 e. The Bertz CT molecular complexity index is 737. The molecule has 0 bridgehead atoms. The van der Waals surface area contributed by atoms with Gasteiger partial charge in [-0.25, -0.2) is 4.79 Å². The highest BCUT2D eigenvalue weighted by atomic mass is 16.5. The second-order valence-electron chi connectivity index (χ2n) is 5.60. The number of amides is 1. The third-order valence-corrected chi connectivity index (χ3v) is 3.47. The summed E-state index contributed by atoms with van der Waals surface area (Å²) >= 11 is 0. The van der Waals surface area contributed by atoms with Crippen molar-refractivity contribution in [2.45, 2.75) is 32.6 Å². The molecule has 0 aliphatic heterocycles. The quantitative estimate of drug-likeness (QED) is 0.235. The van der Waals surface area contributed by atoms with Crippen LogP contribution in [-0.2, 0) is 14.3 Å². The number of nitrogens with one attached hydrogen (secondary N) is 2. The third-order valence-electron chi connectivity index (χ3n) is 3.47. The van der Waals surface area contributed by atoms with Gasteiger partial charge in [0.15, 0.2) is 0 Å². The molecular weight excluding hydrogens is 350 g/mol. The molecule has 0 radical (unpaired) electrons. The van der Waals surface area contributed by atoms with Crippen LogP contribution in [0.3, 0.4) is 0 Å². The Hall–Kier alpha value is -3.34. The fourth-order valence-electron chi connectivity index (χ4n) is 2.01. The number of hydrogen-bond donors (Lipinski definition) is 3. The third kappa shape index (κ3) is 8.05. The van der Waals surface area contributed by atoms with Gasteiger partial charge in [-0.15, -0.1) is 0 Å². The van der Waals surface area contributed by atoms with Crippen LogP contribution in [0.5, 0.6) is 0 Å². The molecule has 0 aliphatic rings. The van der Waals surface area contributed by atoms with E-state index in [4.69, 9.17) is 15.1 Å². The second-order valence-corrected chi connectivity index (χ2v) is 5.60. The van der Waals surface area contributed by atoms with Crippen molar-refractivity contribution in [3.05, 3.63) is 41.6 Å². The Morgan fingerprint density at radius 1 is 1.26 bits per heavy atom. The lowest BCUT2D eigenvalue weighted by Gasteiger charge is -2.10. The molecule has 0 atom stereocenters. The number of rotatable bonds is 11. The van der Waals surface area contributed by atoms with Crippen molar-refractivity contribution in [1.29, 1.82) is 5.26 Å². The molecule has 0 saturated carbocycles. The average molecular weight is 373 g/mol. The number of anilines is 1. The molecule has 3 N–H and O–H groups in total. The van der Waals surface area contributed by atoms with Gasteiger partial charge in [-0.3, -0.25) is 9.59 Å². The lowest BCUT2D eigenvalue weighted by molar-refractivity contribution is -0.137. The van der Waals surface area contributed by atoms with Crippen LogP contribution in [0.4, 0.5) is 5.69 Å². The van der Waals surface area contributed by atoms with E-state index >= 15 is 0 Å². The Kier molecular flexibility index (Phi) is 9.71. The van der Waals surface area contributed by atoms with Crippen LogP contribution >= 0.6 is 0 Å². The first-order valence-electron chi connectivity index (χ1n) is 8.62. The van der Waals surface area contributed by atoms with E-state index in [0.29, 0.717) is 17.9 Å². The van der Waals surface area contributed by atoms with E-state index in [0.717, 1.165) is 12.8 Å².